The predicted molar refractivity (Wildman–Crippen MR) is 125 cm³/mol. The van der Waals surface area contributed by atoms with Gasteiger partial charge in [-0.15, -0.1) is 0 Å². The number of hydrogen-bond acceptors (Lipinski definition) is 2. The molecule has 2 aromatic carbocycles. The van der Waals surface area contributed by atoms with E-state index in [1.807, 2.05) is 46.0 Å². The Balaban J connectivity index is 1.67. The number of aryl methyl sites for hydroxylation is 1. The minimum Gasteiger partial charge on any atom is -0.351 e. The van der Waals surface area contributed by atoms with Gasteiger partial charge in [-0.2, -0.15) is 0 Å². The Hall–Kier alpha value is -3.58. The van der Waals surface area contributed by atoms with Crippen LogP contribution in [0.4, 0.5) is 14.5 Å². The first kappa shape index (κ1) is 20.3. The Kier molecular flexibility index (Phi) is 5.19. The Morgan fingerprint density at radius 2 is 1.72 bits per heavy atom. The molecule has 1 fully saturated rings. The number of rotatable bonds is 4. The normalized spacial score (nSPS) is 18.1. The van der Waals surface area contributed by atoms with E-state index in [1.165, 1.54) is 18.2 Å². The molecule has 0 spiro atoms. The molecular weight excluding hydrogens is 426 g/mol. The number of pyridine rings is 1. The van der Waals surface area contributed by atoms with Crippen molar-refractivity contribution in [2.24, 2.45) is 0 Å². The van der Waals surface area contributed by atoms with Gasteiger partial charge in [0.2, 0.25) is 0 Å². The Morgan fingerprint density at radius 3 is 2.44 bits per heavy atom. The lowest BCUT2D eigenvalue weighted by Gasteiger charge is -2.29. The lowest BCUT2D eigenvalue weighted by molar-refractivity contribution is 0.548. The molecule has 2 atom stereocenters. The molecule has 1 aliphatic rings. The largest absolute Gasteiger partial charge is 0.351 e. The Labute approximate surface area is 190 Å². The van der Waals surface area contributed by atoms with E-state index >= 15 is 0 Å². The van der Waals surface area contributed by atoms with Gasteiger partial charge in [0.05, 0.1) is 11.7 Å². The summed E-state index contributed by atoms with van der Waals surface area (Å²) in [6, 6.07) is 20.6. The zero-order chi connectivity index (χ0) is 22.2. The third kappa shape index (κ3) is 3.54. The number of halogens is 2. The quantitative estimate of drug-likeness (QED) is 0.412. The average molecular weight is 447 g/mol. The number of anilines is 1. The number of benzene rings is 2. The van der Waals surface area contributed by atoms with Crippen LogP contribution in [0, 0.1) is 18.6 Å². The molecule has 160 valence electrons. The summed E-state index contributed by atoms with van der Waals surface area (Å²) in [5, 5.41) is 3.94. The van der Waals surface area contributed by atoms with Crippen LogP contribution in [-0.2, 0) is 0 Å². The summed E-state index contributed by atoms with van der Waals surface area (Å²) in [6.07, 6.45) is 3.69. The second-order valence-electron chi connectivity index (χ2n) is 7.71. The molecule has 1 N–H and O–H groups in total. The van der Waals surface area contributed by atoms with E-state index in [2.05, 4.69) is 10.3 Å². The van der Waals surface area contributed by atoms with E-state index in [0.29, 0.717) is 10.7 Å². The van der Waals surface area contributed by atoms with Crippen molar-refractivity contribution in [3.05, 3.63) is 114 Å². The first-order chi connectivity index (χ1) is 15.5. The van der Waals surface area contributed by atoms with Gasteiger partial charge in [0.1, 0.15) is 17.7 Å². The monoisotopic (exact) mass is 446 g/mol. The molecule has 1 saturated heterocycles. The van der Waals surface area contributed by atoms with Gasteiger partial charge in [-0.3, -0.25) is 4.98 Å². The molecule has 0 amide bonds. The highest BCUT2D eigenvalue weighted by Gasteiger charge is 2.42. The molecule has 0 saturated carbocycles. The van der Waals surface area contributed by atoms with Crippen LogP contribution in [0.15, 0.2) is 85.2 Å². The van der Waals surface area contributed by atoms with E-state index in [1.54, 1.807) is 37.4 Å². The van der Waals surface area contributed by atoms with Crippen molar-refractivity contribution in [1.29, 1.82) is 0 Å². The first-order valence-corrected chi connectivity index (χ1v) is 10.6. The van der Waals surface area contributed by atoms with Crippen molar-refractivity contribution in [2.75, 3.05) is 4.90 Å². The molecule has 2 aromatic heterocycles. The van der Waals surface area contributed by atoms with Crippen LogP contribution in [-0.4, -0.2) is 14.7 Å². The molecule has 1 aliphatic heterocycles. The fourth-order valence-corrected chi connectivity index (χ4v) is 4.53. The first-order valence-electron chi connectivity index (χ1n) is 10.2. The zero-order valence-corrected chi connectivity index (χ0v) is 18.1. The van der Waals surface area contributed by atoms with Gasteiger partial charge in [-0.1, -0.05) is 6.07 Å². The van der Waals surface area contributed by atoms with Crippen LogP contribution in [0.25, 0.3) is 5.69 Å². The molecule has 4 aromatic rings. The lowest BCUT2D eigenvalue weighted by Crippen LogP contribution is -2.30. The smallest absolute Gasteiger partial charge is 0.174 e. The van der Waals surface area contributed by atoms with Crippen molar-refractivity contribution in [2.45, 2.75) is 19.0 Å². The van der Waals surface area contributed by atoms with Crippen LogP contribution in [0.5, 0.6) is 0 Å². The minimum absolute atomic E-state index is 0.233. The maximum atomic E-state index is 14.0. The summed E-state index contributed by atoms with van der Waals surface area (Å²) in [4.78, 5) is 6.56. The third-order valence-corrected chi connectivity index (χ3v) is 6.02. The predicted octanol–water partition coefficient (Wildman–Crippen LogP) is 5.64. The van der Waals surface area contributed by atoms with Crippen molar-refractivity contribution in [1.82, 2.24) is 14.9 Å². The van der Waals surface area contributed by atoms with Crippen molar-refractivity contribution in [3.8, 4) is 5.69 Å². The van der Waals surface area contributed by atoms with E-state index in [0.717, 1.165) is 22.8 Å². The second-order valence-corrected chi connectivity index (χ2v) is 8.10. The van der Waals surface area contributed by atoms with Gasteiger partial charge in [-0.25, -0.2) is 8.78 Å². The second kappa shape index (κ2) is 8.16. The lowest BCUT2D eigenvalue weighted by atomic mass is 10.0. The summed E-state index contributed by atoms with van der Waals surface area (Å²) in [5.74, 6) is -0.555. The van der Waals surface area contributed by atoms with Crippen LogP contribution >= 0.6 is 12.2 Å². The van der Waals surface area contributed by atoms with Crippen LogP contribution < -0.4 is 10.2 Å². The molecule has 0 bridgehead atoms. The maximum Gasteiger partial charge on any atom is 0.174 e. The summed E-state index contributed by atoms with van der Waals surface area (Å²) < 4.78 is 29.5. The van der Waals surface area contributed by atoms with Crippen molar-refractivity contribution < 1.29 is 8.78 Å². The summed E-state index contributed by atoms with van der Waals surface area (Å²) in [6.45, 7) is 1.73. The average Bonchev–Trinajstić information content (AvgIpc) is 3.41. The Morgan fingerprint density at radius 1 is 0.938 bits per heavy atom. The summed E-state index contributed by atoms with van der Waals surface area (Å²) in [5.41, 5.74) is 3.95. The van der Waals surface area contributed by atoms with Gasteiger partial charge >= 0.3 is 0 Å². The highest BCUT2D eigenvalue weighted by atomic mass is 32.1. The van der Waals surface area contributed by atoms with E-state index < -0.39 is 0 Å². The number of thiocarbonyl (C=S) groups is 1. The molecule has 0 unspecified atom stereocenters. The highest BCUT2D eigenvalue weighted by Crippen LogP contribution is 2.42. The van der Waals surface area contributed by atoms with Crippen molar-refractivity contribution >= 4 is 23.0 Å². The van der Waals surface area contributed by atoms with E-state index in [9.17, 15) is 8.78 Å². The van der Waals surface area contributed by atoms with Gasteiger partial charge in [0, 0.05) is 29.5 Å². The number of nitrogens with one attached hydrogen (secondary N) is 1. The van der Waals surface area contributed by atoms with Crippen molar-refractivity contribution in [3.63, 3.8) is 0 Å². The van der Waals surface area contributed by atoms with Crippen LogP contribution in [0.3, 0.4) is 0 Å². The minimum atomic E-state index is -0.291. The number of nitrogens with zero attached hydrogens (tertiary/aromatic N) is 3. The molecule has 0 aliphatic carbocycles. The van der Waals surface area contributed by atoms with Gasteiger partial charge in [-0.05, 0) is 91.4 Å². The standard InChI is InChI=1S/C25H20F2N4S/c1-16-15-19(11-12-20(16)27)31-24(23(29-25(31)32)21-5-2-3-13-28-21)22-6-4-14-30(22)18-9-7-17(26)8-10-18/h2-15,23-24H,1H3,(H,29,32)/t23-,24+/m0/s1. The molecule has 7 heteroatoms. The SMILES string of the molecule is Cc1cc(N2C(=S)N[C@@H](c3ccccn3)[C@H]2c2cccn2-c2ccc(F)cc2)ccc1F. The molecule has 0 radical (unpaired) electrons. The molecule has 5 rings (SSSR count). The molecular formula is C25H20F2N4S. The van der Waals surface area contributed by atoms with Crippen LogP contribution in [0.2, 0.25) is 0 Å². The molecule has 3 heterocycles. The van der Waals surface area contributed by atoms with Crippen LogP contribution in [0.1, 0.15) is 29.0 Å². The van der Waals surface area contributed by atoms with E-state index in [4.69, 9.17) is 12.2 Å². The van der Waals surface area contributed by atoms with Gasteiger partial charge < -0.3 is 14.8 Å². The van der Waals surface area contributed by atoms with Gasteiger partial charge in [0.25, 0.3) is 0 Å². The van der Waals surface area contributed by atoms with Gasteiger partial charge in [0.15, 0.2) is 5.11 Å². The zero-order valence-electron chi connectivity index (χ0n) is 17.2. The Bertz CT molecular complexity index is 1270. The number of aromatic nitrogens is 2. The topological polar surface area (TPSA) is 33.1 Å². The van der Waals surface area contributed by atoms with E-state index in [-0.39, 0.29) is 23.7 Å². The molecule has 32 heavy (non-hydrogen) atoms. The third-order valence-electron chi connectivity index (χ3n) is 5.71. The summed E-state index contributed by atoms with van der Waals surface area (Å²) in [7, 11) is 0. The fourth-order valence-electron chi connectivity index (χ4n) is 4.18. The number of hydrogen-bond donors (Lipinski definition) is 1. The maximum absolute atomic E-state index is 14.0. The highest BCUT2D eigenvalue weighted by molar-refractivity contribution is 7.80. The summed E-state index contributed by atoms with van der Waals surface area (Å²) >= 11 is 5.74. The molecule has 4 nitrogen and oxygen atoms in total. The fraction of sp³-hybridized carbons (Fsp3) is 0.120.